The molecule has 1 aliphatic heterocycles. The first-order valence-corrected chi connectivity index (χ1v) is 7.93. The van der Waals surface area contributed by atoms with Crippen molar-refractivity contribution >= 4 is 27.6 Å². The van der Waals surface area contributed by atoms with Crippen LogP contribution in [-0.2, 0) is 0 Å². The summed E-state index contributed by atoms with van der Waals surface area (Å²) < 4.78 is 13.9. The van der Waals surface area contributed by atoms with E-state index in [4.69, 9.17) is 0 Å². The molecular weight excluding hydrogens is 325 g/mol. The summed E-state index contributed by atoms with van der Waals surface area (Å²) in [6, 6.07) is 4.10. The van der Waals surface area contributed by atoms with Gasteiger partial charge in [-0.15, -0.1) is 0 Å². The standard InChI is InChI=1S/C15H17BrFNO2/c16-10-14(19)12-6-5-11(9-13(12)17)15(20)18-7-3-1-2-4-8-18/h5-6,9H,1-4,7-8,10H2. The van der Waals surface area contributed by atoms with Crippen molar-refractivity contribution in [2.75, 3.05) is 18.4 Å². The summed E-state index contributed by atoms with van der Waals surface area (Å²) in [5.41, 5.74) is 0.338. The molecule has 1 heterocycles. The summed E-state index contributed by atoms with van der Waals surface area (Å²) in [5, 5.41) is 0.0728. The first-order valence-electron chi connectivity index (χ1n) is 6.81. The van der Waals surface area contributed by atoms with Gasteiger partial charge in [0.05, 0.1) is 10.9 Å². The smallest absolute Gasteiger partial charge is 0.253 e. The van der Waals surface area contributed by atoms with E-state index in [-0.39, 0.29) is 22.6 Å². The summed E-state index contributed by atoms with van der Waals surface area (Å²) >= 11 is 3.01. The normalized spacial score (nSPS) is 15.8. The molecule has 3 nitrogen and oxygen atoms in total. The number of nitrogens with zero attached hydrogens (tertiary/aromatic N) is 1. The Hall–Kier alpha value is -1.23. The van der Waals surface area contributed by atoms with Gasteiger partial charge < -0.3 is 4.90 Å². The number of alkyl halides is 1. The Morgan fingerprint density at radius 3 is 2.35 bits per heavy atom. The van der Waals surface area contributed by atoms with Crippen LogP contribution >= 0.6 is 15.9 Å². The fourth-order valence-electron chi connectivity index (χ4n) is 2.40. The molecular formula is C15H17BrFNO2. The highest BCUT2D eigenvalue weighted by molar-refractivity contribution is 9.09. The molecule has 0 radical (unpaired) electrons. The topological polar surface area (TPSA) is 37.4 Å². The molecule has 0 N–H and O–H groups in total. The van der Waals surface area contributed by atoms with Gasteiger partial charge >= 0.3 is 0 Å². The molecule has 2 rings (SSSR count). The predicted octanol–water partition coefficient (Wildman–Crippen LogP) is 3.42. The molecule has 0 saturated carbocycles. The number of hydrogen-bond acceptors (Lipinski definition) is 2. The quantitative estimate of drug-likeness (QED) is 0.624. The van der Waals surface area contributed by atoms with Crippen molar-refractivity contribution in [1.82, 2.24) is 4.90 Å². The van der Waals surface area contributed by atoms with Crippen molar-refractivity contribution in [3.63, 3.8) is 0 Å². The maximum Gasteiger partial charge on any atom is 0.253 e. The fourth-order valence-corrected chi connectivity index (χ4v) is 2.70. The lowest BCUT2D eigenvalue weighted by molar-refractivity contribution is 0.0760. The lowest BCUT2D eigenvalue weighted by Gasteiger charge is -2.20. The molecule has 1 fully saturated rings. The molecule has 0 unspecified atom stereocenters. The van der Waals surface area contributed by atoms with Gasteiger partial charge in [0, 0.05) is 18.7 Å². The second-order valence-corrected chi connectivity index (χ2v) is 5.52. The number of carbonyl (C=O) groups excluding carboxylic acids is 2. The number of rotatable bonds is 3. The monoisotopic (exact) mass is 341 g/mol. The molecule has 1 aromatic carbocycles. The molecule has 1 aromatic rings. The van der Waals surface area contributed by atoms with Crippen molar-refractivity contribution in [2.24, 2.45) is 0 Å². The molecule has 0 aliphatic carbocycles. The SMILES string of the molecule is O=C(CBr)c1ccc(C(=O)N2CCCCCC2)cc1F. The minimum atomic E-state index is -0.630. The van der Waals surface area contributed by atoms with E-state index in [1.165, 1.54) is 18.2 Å². The highest BCUT2D eigenvalue weighted by Crippen LogP contribution is 2.17. The van der Waals surface area contributed by atoms with Crippen LogP contribution in [-0.4, -0.2) is 35.0 Å². The molecule has 1 amide bonds. The average molecular weight is 342 g/mol. The molecule has 1 saturated heterocycles. The van der Waals surface area contributed by atoms with Crippen LogP contribution in [0.25, 0.3) is 0 Å². The molecule has 0 aromatic heterocycles. The Morgan fingerprint density at radius 2 is 1.80 bits per heavy atom. The van der Waals surface area contributed by atoms with Gasteiger partial charge in [-0.3, -0.25) is 9.59 Å². The van der Waals surface area contributed by atoms with E-state index in [1.54, 1.807) is 4.90 Å². The third-order valence-electron chi connectivity index (χ3n) is 3.53. The van der Waals surface area contributed by atoms with Crippen LogP contribution < -0.4 is 0 Å². The molecule has 1 aliphatic rings. The van der Waals surface area contributed by atoms with E-state index in [0.29, 0.717) is 5.56 Å². The minimum Gasteiger partial charge on any atom is -0.339 e. The van der Waals surface area contributed by atoms with E-state index in [1.807, 2.05) is 0 Å². The van der Waals surface area contributed by atoms with Crippen molar-refractivity contribution < 1.29 is 14.0 Å². The first kappa shape index (κ1) is 15.2. The van der Waals surface area contributed by atoms with Gasteiger partial charge in [0.15, 0.2) is 5.78 Å². The lowest BCUT2D eigenvalue weighted by Crippen LogP contribution is -2.31. The Morgan fingerprint density at radius 1 is 1.15 bits per heavy atom. The second kappa shape index (κ2) is 6.97. The van der Waals surface area contributed by atoms with Crippen LogP contribution in [0.1, 0.15) is 46.4 Å². The van der Waals surface area contributed by atoms with Crippen LogP contribution in [0.4, 0.5) is 4.39 Å². The average Bonchev–Trinajstić information content (AvgIpc) is 2.74. The van der Waals surface area contributed by atoms with E-state index < -0.39 is 5.82 Å². The zero-order chi connectivity index (χ0) is 14.5. The predicted molar refractivity (Wildman–Crippen MR) is 78.9 cm³/mol. The zero-order valence-corrected chi connectivity index (χ0v) is 12.8. The van der Waals surface area contributed by atoms with E-state index in [9.17, 15) is 14.0 Å². The zero-order valence-electron chi connectivity index (χ0n) is 11.2. The van der Waals surface area contributed by atoms with Crippen LogP contribution in [0.5, 0.6) is 0 Å². The Labute approximate surface area is 126 Å². The van der Waals surface area contributed by atoms with Crippen LogP contribution in [0.2, 0.25) is 0 Å². The van der Waals surface area contributed by atoms with Gasteiger partial charge in [0.2, 0.25) is 0 Å². The summed E-state index contributed by atoms with van der Waals surface area (Å²) in [4.78, 5) is 25.6. The van der Waals surface area contributed by atoms with Gasteiger partial charge in [0.1, 0.15) is 5.82 Å². The highest BCUT2D eigenvalue weighted by atomic mass is 79.9. The van der Waals surface area contributed by atoms with Gasteiger partial charge in [0.25, 0.3) is 5.91 Å². The van der Waals surface area contributed by atoms with Crippen LogP contribution in [0.15, 0.2) is 18.2 Å². The summed E-state index contributed by atoms with van der Waals surface area (Å²) in [7, 11) is 0. The molecule has 5 heteroatoms. The maximum atomic E-state index is 13.9. The first-order chi connectivity index (χ1) is 9.63. The van der Waals surface area contributed by atoms with E-state index >= 15 is 0 Å². The summed E-state index contributed by atoms with van der Waals surface area (Å²) in [6.07, 6.45) is 4.26. The van der Waals surface area contributed by atoms with Gasteiger partial charge in [-0.2, -0.15) is 0 Å². The molecule has 20 heavy (non-hydrogen) atoms. The van der Waals surface area contributed by atoms with Crippen LogP contribution in [0, 0.1) is 5.82 Å². The van der Waals surface area contributed by atoms with E-state index in [0.717, 1.165) is 38.8 Å². The second-order valence-electron chi connectivity index (χ2n) is 4.96. The number of carbonyl (C=O) groups is 2. The largest absolute Gasteiger partial charge is 0.339 e. The van der Waals surface area contributed by atoms with Crippen molar-refractivity contribution in [2.45, 2.75) is 25.7 Å². The fraction of sp³-hybridized carbons (Fsp3) is 0.467. The molecule has 0 atom stereocenters. The number of likely N-dealkylation sites (tertiary alicyclic amines) is 1. The van der Waals surface area contributed by atoms with Crippen molar-refractivity contribution in [3.8, 4) is 0 Å². The molecule has 0 bridgehead atoms. The van der Waals surface area contributed by atoms with Gasteiger partial charge in [-0.05, 0) is 31.0 Å². The Balaban J connectivity index is 2.18. The number of hydrogen-bond donors (Lipinski definition) is 0. The summed E-state index contributed by atoms with van der Waals surface area (Å²) in [5.74, 6) is -1.10. The molecule has 0 spiro atoms. The van der Waals surface area contributed by atoms with Gasteiger partial charge in [-0.25, -0.2) is 4.39 Å². The Bertz CT molecular complexity index is 511. The third-order valence-corrected chi connectivity index (χ3v) is 4.04. The number of benzene rings is 1. The van der Waals surface area contributed by atoms with Gasteiger partial charge in [-0.1, -0.05) is 28.8 Å². The van der Waals surface area contributed by atoms with Crippen LogP contribution in [0.3, 0.4) is 0 Å². The minimum absolute atomic E-state index is 0.0225. The molecule has 108 valence electrons. The highest BCUT2D eigenvalue weighted by Gasteiger charge is 2.19. The van der Waals surface area contributed by atoms with Crippen molar-refractivity contribution in [3.05, 3.63) is 35.1 Å². The Kier molecular flexibility index (Phi) is 5.29. The number of amides is 1. The lowest BCUT2D eigenvalue weighted by atomic mass is 10.1. The van der Waals surface area contributed by atoms with E-state index in [2.05, 4.69) is 15.9 Å². The number of ketones is 1. The number of halogens is 2. The summed E-state index contributed by atoms with van der Waals surface area (Å²) in [6.45, 7) is 1.45. The maximum absolute atomic E-state index is 13.9. The van der Waals surface area contributed by atoms with Crippen molar-refractivity contribution in [1.29, 1.82) is 0 Å². The number of Topliss-reactive ketones (excluding diaryl/α,β-unsaturated/α-hetero) is 1. The third kappa shape index (κ3) is 3.45.